The lowest BCUT2D eigenvalue weighted by atomic mass is 10.1. The molecule has 0 fully saturated rings. The SMILES string of the molecule is OCc1noc(Cc2ccccc2O)n1. The van der Waals surface area contributed by atoms with Gasteiger partial charge in [-0.05, 0) is 6.07 Å². The van der Waals surface area contributed by atoms with Crippen LogP contribution in [0.2, 0.25) is 0 Å². The standard InChI is InChI=1S/C10H10N2O3/c13-6-9-11-10(15-12-9)5-7-3-1-2-4-8(7)14/h1-4,13-14H,5-6H2. The molecule has 0 aliphatic rings. The fourth-order valence-corrected chi connectivity index (χ4v) is 1.25. The Hall–Kier alpha value is -1.88. The summed E-state index contributed by atoms with van der Waals surface area (Å²) in [4.78, 5) is 3.93. The number of aliphatic hydroxyl groups is 1. The fraction of sp³-hybridized carbons (Fsp3) is 0.200. The Kier molecular flexibility index (Phi) is 2.64. The van der Waals surface area contributed by atoms with Gasteiger partial charge in [0.2, 0.25) is 5.89 Å². The number of hydrogen-bond acceptors (Lipinski definition) is 5. The summed E-state index contributed by atoms with van der Waals surface area (Å²) in [5.41, 5.74) is 0.714. The Balaban J connectivity index is 2.18. The van der Waals surface area contributed by atoms with Crippen molar-refractivity contribution in [3.63, 3.8) is 0 Å². The van der Waals surface area contributed by atoms with E-state index in [0.717, 1.165) is 0 Å². The monoisotopic (exact) mass is 206 g/mol. The maximum Gasteiger partial charge on any atom is 0.231 e. The predicted octanol–water partition coefficient (Wildman–Crippen LogP) is 0.858. The van der Waals surface area contributed by atoms with Crippen LogP contribution < -0.4 is 0 Å². The van der Waals surface area contributed by atoms with Gasteiger partial charge in [-0.3, -0.25) is 0 Å². The summed E-state index contributed by atoms with van der Waals surface area (Å²) in [6.07, 6.45) is 0.361. The average Bonchev–Trinajstić information content (AvgIpc) is 2.69. The van der Waals surface area contributed by atoms with Crippen molar-refractivity contribution in [1.29, 1.82) is 0 Å². The Bertz CT molecular complexity index is 453. The lowest BCUT2D eigenvalue weighted by Crippen LogP contribution is -1.90. The quantitative estimate of drug-likeness (QED) is 0.778. The highest BCUT2D eigenvalue weighted by molar-refractivity contribution is 5.33. The highest BCUT2D eigenvalue weighted by atomic mass is 16.5. The Morgan fingerprint density at radius 3 is 2.73 bits per heavy atom. The largest absolute Gasteiger partial charge is 0.508 e. The maximum atomic E-state index is 9.50. The first-order valence-corrected chi connectivity index (χ1v) is 4.49. The van der Waals surface area contributed by atoms with Crippen LogP contribution in [0.3, 0.4) is 0 Å². The summed E-state index contributed by atoms with van der Waals surface area (Å²) in [7, 11) is 0. The van der Waals surface area contributed by atoms with Crippen LogP contribution >= 0.6 is 0 Å². The first-order chi connectivity index (χ1) is 7.29. The van der Waals surface area contributed by atoms with Crippen molar-refractivity contribution in [2.45, 2.75) is 13.0 Å². The summed E-state index contributed by atoms with van der Waals surface area (Å²) < 4.78 is 4.88. The number of hydrogen-bond donors (Lipinski definition) is 2. The second-order valence-corrected chi connectivity index (χ2v) is 3.07. The van der Waals surface area contributed by atoms with Crippen molar-refractivity contribution in [2.24, 2.45) is 0 Å². The Morgan fingerprint density at radius 1 is 1.27 bits per heavy atom. The number of phenols is 1. The first kappa shape index (κ1) is 9.67. The summed E-state index contributed by atoms with van der Waals surface area (Å²) in [5, 5.41) is 21.8. The van der Waals surface area contributed by atoms with Crippen molar-refractivity contribution >= 4 is 0 Å². The molecule has 2 aromatic rings. The third kappa shape index (κ3) is 2.13. The molecular formula is C10H10N2O3. The van der Waals surface area contributed by atoms with E-state index in [2.05, 4.69) is 10.1 Å². The molecule has 78 valence electrons. The number of benzene rings is 1. The van der Waals surface area contributed by atoms with Crippen molar-refractivity contribution in [3.8, 4) is 5.75 Å². The van der Waals surface area contributed by atoms with Gasteiger partial charge in [-0.15, -0.1) is 0 Å². The van der Waals surface area contributed by atoms with E-state index in [1.165, 1.54) is 0 Å². The van der Waals surface area contributed by atoms with Crippen molar-refractivity contribution in [1.82, 2.24) is 10.1 Å². The number of aromatic hydroxyl groups is 1. The summed E-state index contributed by atoms with van der Waals surface area (Å²) >= 11 is 0. The molecule has 0 aliphatic heterocycles. The molecule has 5 nitrogen and oxygen atoms in total. The highest BCUT2D eigenvalue weighted by Gasteiger charge is 2.08. The lowest BCUT2D eigenvalue weighted by molar-refractivity contribution is 0.263. The van der Waals surface area contributed by atoms with Crippen LogP contribution in [-0.2, 0) is 13.0 Å². The van der Waals surface area contributed by atoms with E-state index in [1.807, 2.05) is 6.07 Å². The van der Waals surface area contributed by atoms with Crippen LogP contribution in [-0.4, -0.2) is 20.4 Å². The summed E-state index contributed by atoms with van der Waals surface area (Å²) in [5.74, 6) is 0.821. The number of phenolic OH excluding ortho intramolecular Hbond substituents is 1. The van der Waals surface area contributed by atoms with Crippen LogP contribution in [0.4, 0.5) is 0 Å². The van der Waals surface area contributed by atoms with Crippen LogP contribution in [0.5, 0.6) is 5.75 Å². The van der Waals surface area contributed by atoms with Gasteiger partial charge in [-0.1, -0.05) is 23.4 Å². The summed E-state index contributed by atoms with van der Waals surface area (Å²) in [6.45, 7) is -0.246. The van der Waals surface area contributed by atoms with Crippen LogP contribution in [0.1, 0.15) is 17.3 Å². The second kappa shape index (κ2) is 4.10. The molecule has 2 N–H and O–H groups in total. The molecule has 1 aromatic heterocycles. The molecule has 0 spiro atoms. The summed E-state index contributed by atoms with van der Waals surface area (Å²) in [6, 6.07) is 6.93. The van der Waals surface area contributed by atoms with Gasteiger partial charge in [0.25, 0.3) is 0 Å². The number of rotatable bonds is 3. The third-order valence-corrected chi connectivity index (χ3v) is 1.98. The maximum absolute atomic E-state index is 9.50. The smallest absolute Gasteiger partial charge is 0.231 e. The van der Waals surface area contributed by atoms with Gasteiger partial charge in [0.1, 0.15) is 12.4 Å². The van der Waals surface area contributed by atoms with Crippen molar-refractivity contribution < 1.29 is 14.7 Å². The predicted molar refractivity (Wildman–Crippen MR) is 51.1 cm³/mol. The molecule has 2 rings (SSSR count). The van der Waals surface area contributed by atoms with Crippen LogP contribution in [0.25, 0.3) is 0 Å². The van der Waals surface area contributed by atoms with E-state index in [4.69, 9.17) is 9.63 Å². The molecule has 0 amide bonds. The van der Waals surface area contributed by atoms with Gasteiger partial charge in [0.15, 0.2) is 5.82 Å². The van der Waals surface area contributed by atoms with Gasteiger partial charge < -0.3 is 14.7 Å². The minimum Gasteiger partial charge on any atom is -0.508 e. The minimum absolute atomic E-state index is 0.196. The number of para-hydroxylation sites is 1. The van der Waals surface area contributed by atoms with Crippen LogP contribution in [0, 0.1) is 0 Å². The number of nitrogens with zero attached hydrogens (tertiary/aromatic N) is 2. The number of aliphatic hydroxyl groups excluding tert-OH is 1. The molecule has 0 aliphatic carbocycles. The van der Waals surface area contributed by atoms with Crippen molar-refractivity contribution in [2.75, 3.05) is 0 Å². The zero-order chi connectivity index (χ0) is 10.7. The Morgan fingerprint density at radius 2 is 2.07 bits per heavy atom. The molecule has 0 bridgehead atoms. The van der Waals surface area contributed by atoms with E-state index in [9.17, 15) is 5.11 Å². The van der Waals surface area contributed by atoms with E-state index < -0.39 is 0 Å². The molecule has 5 heteroatoms. The van der Waals surface area contributed by atoms with Crippen LogP contribution in [0.15, 0.2) is 28.8 Å². The van der Waals surface area contributed by atoms with Crippen molar-refractivity contribution in [3.05, 3.63) is 41.5 Å². The molecule has 0 unspecified atom stereocenters. The second-order valence-electron chi connectivity index (χ2n) is 3.07. The Labute approximate surface area is 86.0 Å². The molecule has 0 saturated heterocycles. The zero-order valence-corrected chi connectivity index (χ0v) is 7.92. The molecule has 1 heterocycles. The van der Waals surface area contributed by atoms with E-state index in [0.29, 0.717) is 17.9 Å². The van der Waals surface area contributed by atoms with Gasteiger partial charge in [-0.25, -0.2) is 0 Å². The lowest BCUT2D eigenvalue weighted by Gasteiger charge is -1.99. The molecule has 0 saturated carbocycles. The van der Waals surface area contributed by atoms with E-state index >= 15 is 0 Å². The first-order valence-electron chi connectivity index (χ1n) is 4.49. The van der Waals surface area contributed by atoms with Gasteiger partial charge >= 0.3 is 0 Å². The molecule has 15 heavy (non-hydrogen) atoms. The van der Waals surface area contributed by atoms with E-state index in [-0.39, 0.29) is 18.2 Å². The fourth-order valence-electron chi connectivity index (χ4n) is 1.25. The third-order valence-electron chi connectivity index (χ3n) is 1.98. The minimum atomic E-state index is -0.246. The topological polar surface area (TPSA) is 79.4 Å². The van der Waals surface area contributed by atoms with E-state index in [1.54, 1.807) is 18.2 Å². The molecule has 0 atom stereocenters. The number of aromatic nitrogens is 2. The normalized spacial score (nSPS) is 10.5. The van der Waals surface area contributed by atoms with Gasteiger partial charge in [-0.2, -0.15) is 4.98 Å². The molecular weight excluding hydrogens is 196 g/mol. The average molecular weight is 206 g/mol. The molecule has 1 aromatic carbocycles. The van der Waals surface area contributed by atoms with Gasteiger partial charge in [0, 0.05) is 5.56 Å². The highest BCUT2D eigenvalue weighted by Crippen LogP contribution is 2.18. The zero-order valence-electron chi connectivity index (χ0n) is 7.92. The molecule has 0 radical (unpaired) electrons. The van der Waals surface area contributed by atoms with Gasteiger partial charge in [0.05, 0.1) is 6.42 Å².